The van der Waals surface area contributed by atoms with E-state index in [1.807, 2.05) is 24.3 Å². The van der Waals surface area contributed by atoms with Crippen LogP contribution in [0.5, 0.6) is 0 Å². The van der Waals surface area contributed by atoms with Crippen LogP contribution in [0.3, 0.4) is 0 Å². The Labute approximate surface area is 605 Å². The van der Waals surface area contributed by atoms with Crippen molar-refractivity contribution >= 4 is 137 Å². The van der Waals surface area contributed by atoms with Crippen molar-refractivity contribution in [1.29, 1.82) is 0 Å². The minimum atomic E-state index is -0.252. The number of esters is 4. The number of hydrogen-bond donors (Lipinski definition) is 0. The van der Waals surface area contributed by atoms with Crippen molar-refractivity contribution in [2.75, 3.05) is 26.4 Å². The minimum absolute atomic E-state index is 0.0115. The number of allylic oxidation sites excluding steroid dienone is 4. The molecule has 0 bridgehead atoms. The number of hydrogen-bond acceptors (Lipinski definition) is 18. The summed E-state index contributed by atoms with van der Waals surface area (Å²) in [4.78, 5) is 77.1. The molecule has 0 saturated heterocycles. The Morgan fingerprint density at radius 1 is 0.323 bits per heavy atom. The maximum atomic E-state index is 13.5. The van der Waals surface area contributed by atoms with E-state index < -0.39 is 0 Å². The molecule has 12 rings (SSSR count). The minimum Gasteiger partial charge on any atom is -0.465 e. The molecule has 10 aromatic rings. The Kier molecular flexibility index (Phi) is 23.9. The topological polar surface area (TPSA) is 105 Å². The molecule has 500 valence electrons. The van der Waals surface area contributed by atoms with Gasteiger partial charge in [-0.15, -0.1) is 140 Å². The van der Waals surface area contributed by atoms with Crippen molar-refractivity contribution in [3.8, 4) is 58.5 Å². The zero-order valence-corrected chi connectivity index (χ0v) is 63.6. The molecule has 2 fully saturated rings. The second kappa shape index (κ2) is 32.2. The molecule has 2 aliphatic carbocycles. The van der Waals surface area contributed by atoms with Crippen LogP contribution in [-0.2, 0) is 63.8 Å². The second-order valence-corrected chi connectivity index (χ2v) is 37.3. The van der Waals surface area contributed by atoms with Crippen molar-refractivity contribution in [3.05, 3.63) is 209 Å². The lowest BCUT2D eigenvalue weighted by Gasteiger charge is -2.24. The van der Waals surface area contributed by atoms with E-state index in [0.717, 1.165) is 54.6 Å². The van der Waals surface area contributed by atoms with Crippen LogP contribution in [0.4, 0.5) is 0 Å². The average molecular weight is 1470 g/mol. The van der Waals surface area contributed by atoms with E-state index in [2.05, 4.69) is 179 Å². The lowest BCUT2D eigenvalue weighted by molar-refractivity contribution is -0.149. The molecule has 0 aromatic carbocycles. The summed E-state index contributed by atoms with van der Waals surface area (Å²) in [5.74, 6) is -0.458. The van der Waals surface area contributed by atoms with E-state index in [-0.39, 0.29) is 123 Å². The fourth-order valence-electron chi connectivity index (χ4n) is 13.1. The van der Waals surface area contributed by atoms with Crippen LogP contribution in [0.2, 0.25) is 0 Å². The molecular formula is C78H80O8S10. The summed E-state index contributed by atoms with van der Waals surface area (Å²) in [5, 5.41) is 0. The highest BCUT2D eigenvalue weighted by Gasteiger charge is 2.43. The third kappa shape index (κ3) is 17.3. The molecule has 10 heterocycles. The first-order chi connectivity index (χ1) is 46.2. The molecule has 8 nitrogen and oxygen atoms in total. The summed E-state index contributed by atoms with van der Waals surface area (Å²) in [7, 11) is 0. The van der Waals surface area contributed by atoms with Crippen molar-refractivity contribution in [3.63, 3.8) is 0 Å². The molecule has 2 saturated carbocycles. The summed E-state index contributed by atoms with van der Waals surface area (Å²) in [5.41, 5.74) is 4.01. The van der Waals surface area contributed by atoms with Crippen molar-refractivity contribution in [2.24, 2.45) is 47.3 Å². The zero-order chi connectivity index (χ0) is 67.9. The predicted molar refractivity (Wildman–Crippen MR) is 412 cm³/mol. The van der Waals surface area contributed by atoms with Crippen molar-refractivity contribution in [1.82, 2.24) is 0 Å². The van der Waals surface area contributed by atoms with Crippen LogP contribution in [0.1, 0.15) is 74.1 Å². The van der Waals surface area contributed by atoms with Crippen LogP contribution in [0, 0.1) is 103 Å². The Morgan fingerprint density at radius 3 is 0.875 bits per heavy atom. The lowest BCUT2D eigenvalue weighted by atomic mass is 9.88. The standard InChI is InChI=1S/C43H42O4S6.C35H38O4S4/c1-7-28-17-29(8-2)33(23-47-41(45)21-31-19-39(35-14-10-25(4)49-35)53-43(31)37-16-12-27(6)51-37)32(28)22-46-40(44)20-30-18-38(34-13-9-24(3)48-34)52-42(30)36-15-11-26(5)50-36;1-7-24-14-25(8-2)29(19-39-34(37)17-27-13-22(5)42-35(27)31-12-10-21(4)41-31)28(24)18-38-33(36)16-26-15-32(43-23(26)6)30-11-9-20(3)40-30/h7-16,18-19,28-29,32-33H,1-2,17,20-23H2,3-6H3;7-13,15,24-25,28-29H,1-2,14,16-19H2,3-6H3. The molecule has 18 heteroatoms. The van der Waals surface area contributed by atoms with Crippen LogP contribution >= 0.6 is 113 Å². The number of aryl methyl sites for hydroxylation is 8. The Bertz CT molecular complexity index is 4260. The molecule has 8 atom stereocenters. The van der Waals surface area contributed by atoms with Gasteiger partial charge in [0.05, 0.1) is 52.1 Å². The van der Waals surface area contributed by atoms with Crippen molar-refractivity contribution in [2.45, 2.75) is 93.9 Å². The Hall–Kier alpha value is -6.16. The average Bonchev–Trinajstić information content (AvgIpc) is 1.68. The first-order valence-corrected chi connectivity index (χ1v) is 40.4. The smallest absolute Gasteiger partial charge is 0.310 e. The molecule has 96 heavy (non-hydrogen) atoms. The summed E-state index contributed by atoms with van der Waals surface area (Å²) in [6.45, 7) is 34.1. The number of carbonyl (C=O) groups excluding carboxylic acids is 4. The SMILES string of the molecule is C=CC1CC(C=C)C(COC(=O)Cc2cc(-c3ccc(C)s3)sc2-c2ccc(C)s2)C1COC(=O)Cc1cc(-c2ccc(C)s2)sc1-c1ccc(C)s1.C=CC1CC(C=C)C(COC(=O)Cc2cc(C)sc2-c2ccc(C)s2)C1COC(=O)Cc1cc(-c2ccc(C)s2)sc1C. The maximum Gasteiger partial charge on any atom is 0.310 e. The molecule has 0 amide bonds. The Balaban J connectivity index is 0.000000200. The third-order valence-corrected chi connectivity index (χ3v) is 29.8. The molecule has 0 spiro atoms. The van der Waals surface area contributed by atoms with Gasteiger partial charge in [-0.25, -0.2) is 0 Å². The monoisotopic (exact) mass is 1460 g/mol. The first-order valence-electron chi connectivity index (χ1n) is 32.2. The van der Waals surface area contributed by atoms with Gasteiger partial charge >= 0.3 is 23.9 Å². The van der Waals surface area contributed by atoms with E-state index in [0.29, 0.717) is 0 Å². The molecule has 2 aliphatic rings. The van der Waals surface area contributed by atoms with E-state index >= 15 is 0 Å². The van der Waals surface area contributed by atoms with E-state index in [9.17, 15) is 19.2 Å². The van der Waals surface area contributed by atoms with Crippen LogP contribution < -0.4 is 0 Å². The van der Waals surface area contributed by atoms with Gasteiger partial charge in [0, 0.05) is 121 Å². The van der Waals surface area contributed by atoms with Gasteiger partial charge < -0.3 is 18.9 Å². The van der Waals surface area contributed by atoms with E-state index in [1.54, 1.807) is 113 Å². The molecule has 8 unspecified atom stereocenters. The highest BCUT2D eigenvalue weighted by Crippen LogP contribution is 2.48. The summed E-state index contributed by atoms with van der Waals surface area (Å²) in [6, 6.07) is 34.1. The highest BCUT2D eigenvalue weighted by molar-refractivity contribution is 7.27. The zero-order valence-electron chi connectivity index (χ0n) is 55.4. The van der Waals surface area contributed by atoms with E-state index in [1.165, 1.54) is 78.0 Å². The molecule has 10 aromatic heterocycles. The van der Waals surface area contributed by atoms with Gasteiger partial charge in [0.15, 0.2) is 0 Å². The van der Waals surface area contributed by atoms with Gasteiger partial charge in [0.2, 0.25) is 0 Å². The molecular weight excluding hydrogens is 1390 g/mol. The number of rotatable bonds is 26. The number of ether oxygens (including phenoxy) is 4. The normalized spacial score (nSPS) is 19.0. The molecule has 0 N–H and O–H groups in total. The van der Waals surface area contributed by atoms with Crippen LogP contribution in [0.15, 0.2) is 148 Å². The number of thiophene rings is 10. The fraction of sp³-hybridized carbons (Fsp3) is 0.333. The Morgan fingerprint density at radius 2 is 0.583 bits per heavy atom. The van der Waals surface area contributed by atoms with Gasteiger partial charge in [-0.2, -0.15) is 0 Å². The number of carbonyl (C=O) groups is 4. The van der Waals surface area contributed by atoms with Gasteiger partial charge in [-0.1, -0.05) is 24.3 Å². The van der Waals surface area contributed by atoms with Gasteiger partial charge in [-0.3, -0.25) is 19.2 Å². The van der Waals surface area contributed by atoms with E-state index in [4.69, 9.17) is 18.9 Å². The van der Waals surface area contributed by atoms with Crippen LogP contribution in [0.25, 0.3) is 58.5 Å². The van der Waals surface area contributed by atoms with Gasteiger partial charge in [-0.05, 0) is 211 Å². The largest absolute Gasteiger partial charge is 0.465 e. The summed E-state index contributed by atoms with van der Waals surface area (Å²) in [6.07, 6.45) is 10.4. The fourth-order valence-corrected chi connectivity index (χ4v) is 23.4. The lowest BCUT2D eigenvalue weighted by Crippen LogP contribution is -2.28. The molecule has 0 radical (unpaired) electrons. The molecule has 0 aliphatic heterocycles. The highest BCUT2D eigenvalue weighted by atomic mass is 32.1. The van der Waals surface area contributed by atoms with Crippen molar-refractivity contribution < 1.29 is 38.1 Å². The maximum absolute atomic E-state index is 13.5. The van der Waals surface area contributed by atoms with Gasteiger partial charge in [0.1, 0.15) is 0 Å². The summed E-state index contributed by atoms with van der Waals surface area (Å²) >= 11 is 17.4. The van der Waals surface area contributed by atoms with Gasteiger partial charge in [0.25, 0.3) is 0 Å². The second-order valence-electron chi connectivity index (χ2n) is 25.0. The predicted octanol–water partition coefficient (Wildman–Crippen LogP) is 22.7. The first kappa shape index (κ1) is 71.1. The third-order valence-electron chi connectivity index (χ3n) is 18.1. The summed E-state index contributed by atoms with van der Waals surface area (Å²) < 4.78 is 23.9. The van der Waals surface area contributed by atoms with Crippen LogP contribution in [-0.4, -0.2) is 50.3 Å². The quantitative estimate of drug-likeness (QED) is 0.0300.